The van der Waals surface area contributed by atoms with E-state index in [9.17, 15) is 4.79 Å². The first-order chi connectivity index (χ1) is 9.28. The molecule has 0 saturated heterocycles. The molecule has 0 radical (unpaired) electrons. The fourth-order valence-electron chi connectivity index (χ4n) is 1.88. The van der Waals surface area contributed by atoms with Crippen LogP contribution < -0.4 is 10.4 Å². The van der Waals surface area contributed by atoms with Crippen molar-refractivity contribution in [1.29, 1.82) is 0 Å². The molecule has 1 heterocycles. The molecule has 0 bridgehead atoms. The molecule has 3 aromatic rings. The third-order valence-corrected chi connectivity index (χ3v) is 2.86. The molecule has 4 nitrogen and oxygen atoms in total. The van der Waals surface area contributed by atoms with Crippen LogP contribution in [0.5, 0.6) is 5.75 Å². The average Bonchev–Trinajstić information content (AvgIpc) is 2.47. The number of rotatable bonds is 2. The molecule has 4 heteroatoms. The zero-order valence-electron chi connectivity index (χ0n) is 10.3. The van der Waals surface area contributed by atoms with E-state index >= 15 is 0 Å². The van der Waals surface area contributed by atoms with Crippen LogP contribution in [0.1, 0.15) is 0 Å². The maximum absolute atomic E-state index is 11.9. The van der Waals surface area contributed by atoms with Gasteiger partial charge in [-0.2, -0.15) is 0 Å². The number of hydrogen-bond acceptors (Lipinski definition) is 4. The van der Waals surface area contributed by atoms with Crippen molar-refractivity contribution in [2.24, 2.45) is 0 Å². The molecule has 1 aromatic heterocycles. The van der Waals surface area contributed by atoms with Gasteiger partial charge < -0.3 is 9.15 Å². The van der Waals surface area contributed by atoms with Crippen LogP contribution in [0.3, 0.4) is 0 Å². The van der Waals surface area contributed by atoms with Gasteiger partial charge in [0.1, 0.15) is 11.3 Å². The van der Waals surface area contributed by atoms with E-state index in [1.54, 1.807) is 43.5 Å². The Morgan fingerprint density at radius 1 is 1.05 bits per heavy atom. The molecule has 0 amide bonds. The Balaban J connectivity index is 2.18. The number of methoxy groups -OCH3 is 1. The topological polar surface area (TPSA) is 52.3 Å². The van der Waals surface area contributed by atoms with E-state index in [4.69, 9.17) is 9.15 Å². The van der Waals surface area contributed by atoms with Gasteiger partial charge in [0.15, 0.2) is 11.3 Å². The lowest BCUT2D eigenvalue weighted by Gasteiger charge is -2.03. The first-order valence-corrected chi connectivity index (χ1v) is 5.82. The summed E-state index contributed by atoms with van der Waals surface area (Å²) >= 11 is 0. The lowest BCUT2D eigenvalue weighted by Crippen LogP contribution is -2.05. The van der Waals surface area contributed by atoms with Crippen LogP contribution in [-0.4, -0.2) is 12.1 Å². The molecule has 0 fully saturated rings. The maximum atomic E-state index is 11.9. The molecule has 94 valence electrons. The molecule has 0 aliphatic heterocycles. The highest BCUT2D eigenvalue weighted by Crippen LogP contribution is 2.20. The number of nitrogens with zero attached hydrogens (tertiary/aromatic N) is 1. The summed E-state index contributed by atoms with van der Waals surface area (Å²) in [5.41, 5.74) is 1.73. The Morgan fingerprint density at radius 3 is 2.53 bits per heavy atom. The summed E-state index contributed by atoms with van der Waals surface area (Å²) in [5, 5.41) is 0. The molecule has 0 spiro atoms. The smallest absolute Gasteiger partial charge is 0.363 e. The third-order valence-electron chi connectivity index (χ3n) is 2.86. The second-order valence-corrected chi connectivity index (χ2v) is 4.05. The van der Waals surface area contributed by atoms with E-state index in [1.165, 1.54) is 0 Å². The number of aromatic nitrogens is 1. The summed E-state index contributed by atoms with van der Waals surface area (Å²) in [4.78, 5) is 16.3. The Labute approximate surface area is 109 Å². The van der Waals surface area contributed by atoms with Crippen molar-refractivity contribution in [1.82, 2.24) is 4.98 Å². The lowest BCUT2D eigenvalue weighted by atomic mass is 10.1. The minimum Gasteiger partial charge on any atom is -0.497 e. The van der Waals surface area contributed by atoms with Crippen molar-refractivity contribution < 1.29 is 9.15 Å². The number of benzene rings is 2. The molecule has 0 unspecified atom stereocenters. The number of hydrogen-bond donors (Lipinski definition) is 0. The van der Waals surface area contributed by atoms with Crippen LogP contribution in [-0.2, 0) is 0 Å². The summed E-state index contributed by atoms with van der Waals surface area (Å²) in [6, 6.07) is 14.3. The largest absolute Gasteiger partial charge is 0.497 e. The molecule has 2 aromatic carbocycles. The van der Waals surface area contributed by atoms with E-state index < -0.39 is 5.63 Å². The van der Waals surface area contributed by atoms with Crippen LogP contribution in [0.2, 0.25) is 0 Å². The third kappa shape index (κ3) is 2.08. The van der Waals surface area contributed by atoms with Gasteiger partial charge >= 0.3 is 5.63 Å². The van der Waals surface area contributed by atoms with Gasteiger partial charge in [-0.05, 0) is 36.4 Å². The average molecular weight is 253 g/mol. The highest BCUT2D eigenvalue weighted by Gasteiger charge is 2.09. The molecule has 3 rings (SSSR count). The van der Waals surface area contributed by atoms with Crippen molar-refractivity contribution in [3.05, 3.63) is 59.0 Å². The predicted molar refractivity (Wildman–Crippen MR) is 72.3 cm³/mol. The zero-order valence-corrected chi connectivity index (χ0v) is 10.3. The van der Waals surface area contributed by atoms with Gasteiger partial charge in [-0.25, -0.2) is 9.78 Å². The van der Waals surface area contributed by atoms with Crippen molar-refractivity contribution in [2.75, 3.05) is 7.11 Å². The van der Waals surface area contributed by atoms with Crippen LogP contribution in [0.4, 0.5) is 0 Å². The van der Waals surface area contributed by atoms with E-state index in [-0.39, 0.29) is 0 Å². The van der Waals surface area contributed by atoms with Crippen LogP contribution in [0.25, 0.3) is 22.4 Å². The van der Waals surface area contributed by atoms with Crippen molar-refractivity contribution in [3.63, 3.8) is 0 Å². The number of fused-ring (bicyclic) bond motifs is 1. The maximum Gasteiger partial charge on any atom is 0.363 e. The lowest BCUT2D eigenvalue weighted by molar-refractivity contribution is 0.415. The first kappa shape index (κ1) is 11.5. The van der Waals surface area contributed by atoms with Gasteiger partial charge in [0.2, 0.25) is 0 Å². The number of ether oxygens (including phenoxy) is 1. The second kappa shape index (κ2) is 4.57. The van der Waals surface area contributed by atoms with Gasteiger partial charge in [-0.1, -0.05) is 12.1 Å². The molecule has 0 aliphatic carbocycles. The van der Waals surface area contributed by atoms with E-state index in [0.29, 0.717) is 22.4 Å². The van der Waals surface area contributed by atoms with Gasteiger partial charge in [0.05, 0.1) is 7.11 Å². The number of para-hydroxylation sites is 2. The Hall–Kier alpha value is -2.62. The van der Waals surface area contributed by atoms with Gasteiger partial charge in [-0.3, -0.25) is 0 Å². The predicted octanol–water partition coefficient (Wildman–Crippen LogP) is 2.86. The molecule has 0 saturated carbocycles. The highest BCUT2D eigenvalue weighted by atomic mass is 16.5. The summed E-state index contributed by atoms with van der Waals surface area (Å²) in [6.45, 7) is 0. The molecular weight excluding hydrogens is 242 g/mol. The van der Waals surface area contributed by atoms with Crippen molar-refractivity contribution >= 4 is 11.1 Å². The van der Waals surface area contributed by atoms with Crippen molar-refractivity contribution in [2.45, 2.75) is 0 Å². The van der Waals surface area contributed by atoms with E-state index in [1.807, 2.05) is 12.1 Å². The van der Waals surface area contributed by atoms with Crippen LogP contribution in [0, 0.1) is 0 Å². The monoisotopic (exact) mass is 253 g/mol. The van der Waals surface area contributed by atoms with Crippen molar-refractivity contribution in [3.8, 4) is 17.0 Å². The quantitative estimate of drug-likeness (QED) is 0.704. The van der Waals surface area contributed by atoms with E-state index in [0.717, 1.165) is 5.75 Å². The summed E-state index contributed by atoms with van der Waals surface area (Å²) in [5.74, 6) is 0.730. The normalized spacial score (nSPS) is 10.6. The Bertz CT molecular complexity index is 775. The van der Waals surface area contributed by atoms with Gasteiger partial charge in [0.25, 0.3) is 0 Å². The minimum absolute atomic E-state index is 0.307. The molecule has 0 aliphatic rings. The molecule has 0 N–H and O–H groups in total. The summed E-state index contributed by atoms with van der Waals surface area (Å²) in [6.07, 6.45) is 0. The van der Waals surface area contributed by atoms with Crippen LogP contribution >= 0.6 is 0 Å². The highest BCUT2D eigenvalue weighted by molar-refractivity contribution is 5.74. The molecule has 19 heavy (non-hydrogen) atoms. The molecule has 0 atom stereocenters. The van der Waals surface area contributed by atoms with Gasteiger partial charge in [0, 0.05) is 5.56 Å². The SMILES string of the molecule is COc1ccc(-c2nc3ccccc3oc2=O)cc1. The standard InChI is InChI=1S/C15H11NO3/c1-18-11-8-6-10(7-9-11)14-15(17)19-13-5-3-2-4-12(13)16-14/h2-9H,1H3. The first-order valence-electron chi connectivity index (χ1n) is 5.82. The van der Waals surface area contributed by atoms with Crippen LogP contribution in [0.15, 0.2) is 57.7 Å². The fourth-order valence-corrected chi connectivity index (χ4v) is 1.88. The zero-order chi connectivity index (χ0) is 13.2. The fraction of sp³-hybridized carbons (Fsp3) is 0.0667. The van der Waals surface area contributed by atoms with Gasteiger partial charge in [-0.15, -0.1) is 0 Å². The minimum atomic E-state index is -0.441. The summed E-state index contributed by atoms with van der Waals surface area (Å²) in [7, 11) is 1.59. The Morgan fingerprint density at radius 2 is 1.79 bits per heavy atom. The molecular formula is C15H11NO3. The second-order valence-electron chi connectivity index (χ2n) is 4.05. The Kier molecular flexibility index (Phi) is 2.76. The summed E-state index contributed by atoms with van der Waals surface area (Å²) < 4.78 is 10.3. The van der Waals surface area contributed by atoms with E-state index in [2.05, 4.69) is 4.98 Å².